The standard InChI is InChI=1S/C77H133NO61/c78-4-2-1-3-5-116-66-47(108)55(34(95)22(10-83)117-66)130-69-52(113)60(39(100)27(15-88)120-69)134-75-63(43(104)31(92)19(7-80)126-75)138-73-50(111)58(37(98)25(13-86)124-73)132-71-54(115)62(41(102)29(17-90)122-71)136-77-65(45(106)33(94)21(9-82)128-77)139-74-51(112)59(38(99)26(14-87)125-74)133-70-53(114)61(40(101)28(16-89)121-70)135-76-64(44(105)32(93)20(8-81)127-76)137-72-49(110)57(36(97)24(12-85)123-72)131-68-48(109)56(35(96)23(11-84)119-68)129-67-46(107)42(103)30(91)18(6-79)118-67/h18-77,79-115H,1-17,78H2/t18?,19?,20?,21?,22?,23?,24?,25?,26?,27?,28?,29?,30-,31-,32-,33-,34-,35-,36-,37-,38-,39-,40-,41-,42+,43+,44+,45+,46?,47?,48?,49?,50?,51?,52?,53?,54?,55+,56+,57+,58+,59+,60+,61+,62+,63?,64?,65?,66+,67-,68-,69-,70-,71-,72-,73-,74-,75-,76-,77-/m1/s1. The van der Waals surface area contributed by atoms with Crippen molar-refractivity contribution in [2.24, 2.45) is 5.73 Å². The van der Waals surface area contributed by atoms with Crippen LogP contribution in [0.2, 0.25) is 0 Å². The van der Waals surface area contributed by atoms with E-state index < -0.39 is 448 Å². The van der Waals surface area contributed by atoms with E-state index >= 15 is 0 Å². The van der Waals surface area contributed by atoms with Gasteiger partial charge in [0.1, 0.15) is 293 Å². The Kier molecular flexibility index (Phi) is 42.6. The molecule has 62 heteroatoms. The first-order chi connectivity index (χ1) is 66.2. The van der Waals surface area contributed by atoms with Gasteiger partial charge in [0.15, 0.2) is 75.5 Å². The van der Waals surface area contributed by atoms with Crippen LogP contribution in [0.1, 0.15) is 19.3 Å². The average molecular weight is 2050 g/mol. The summed E-state index contributed by atoms with van der Waals surface area (Å²) in [5.41, 5.74) is 5.58. The lowest BCUT2D eigenvalue weighted by atomic mass is 9.95. The van der Waals surface area contributed by atoms with E-state index in [1.54, 1.807) is 0 Å². The molecule has 62 nitrogen and oxygen atoms in total. The first-order valence-corrected chi connectivity index (χ1v) is 44.9. The highest BCUT2D eigenvalue weighted by molar-refractivity contribution is 5.06. The number of hydrogen-bond acceptors (Lipinski definition) is 62. The van der Waals surface area contributed by atoms with Crippen LogP contribution in [0.15, 0.2) is 0 Å². The Labute approximate surface area is 786 Å². The van der Waals surface area contributed by atoms with E-state index in [0.29, 0.717) is 25.8 Å². The molecule has 0 radical (unpaired) electrons. The van der Waals surface area contributed by atoms with E-state index in [1.807, 2.05) is 0 Å². The molecular weight excluding hydrogens is 1910 g/mol. The first-order valence-electron chi connectivity index (χ1n) is 44.9. The average Bonchev–Trinajstić information content (AvgIpc) is 0.767. The summed E-state index contributed by atoms with van der Waals surface area (Å²) in [5.74, 6) is 0. The van der Waals surface area contributed by atoms with Crippen LogP contribution in [-0.2, 0) is 114 Å². The minimum absolute atomic E-state index is 0.0199. The van der Waals surface area contributed by atoms with Crippen molar-refractivity contribution in [2.45, 2.75) is 388 Å². The lowest BCUT2D eigenvalue weighted by Crippen LogP contribution is -2.69. The Morgan fingerprint density at radius 3 is 0.489 bits per heavy atom. The molecule has 0 saturated carbocycles. The summed E-state index contributed by atoms with van der Waals surface area (Å²) in [6.07, 6.45) is -130. The molecule has 12 heterocycles. The minimum Gasteiger partial charge on any atom is -0.394 e. The molecule has 0 spiro atoms. The maximum Gasteiger partial charge on any atom is 0.187 e. The summed E-state index contributed by atoms with van der Waals surface area (Å²) >= 11 is 0. The topological polar surface area (TPSA) is 996 Å². The normalized spacial score (nSPS) is 52.0. The molecule has 12 saturated heterocycles. The largest absolute Gasteiger partial charge is 0.394 e. The molecule has 0 bridgehead atoms. The molecule has 139 heavy (non-hydrogen) atoms. The molecule has 0 aliphatic carbocycles. The van der Waals surface area contributed by atoms with Crippen molar-refractivity contribution in [3.8, 4) is 0 Å². The Morgan fingerprint density at radius 1 is 0.144 bits per heavy atom. The van der Waals surface area contributed by atoms with E-state index in [1.165, 1.54) is 0 Å². The highest BCUT2D eigenvalue weighted by atomic mass is 16.8. The van der Waals surface area contributed by atoms with Gasteiger partial charge in [0.2, 0.25) is 0 Å². The molecule has 12 fully saturated rings. The van der Waals surface area contributed by atoms with Crippen molar-refractivity contribution in [3.05, 3.63) is 0 Å². The SMILES string of the molecule is NCCCCCO[C@H]1OC(CO)[C@@H](O)[C@H](O[C@H]2OC(CO)[C@@H](O)[C@H](O[C@H]3OC(CO)[C@@H](O)[C@H](O)C3O[C@H]3OC(CO)[C@@H](O)[C@H](O[C@H]4OC(CO)[C@@H](O)[C@H](O[C@H]5OC(CO)[C@@H](O)[C@H](O)C5O[C@H]5OC(CO)[C@@H](O)[C@H](O[C@H]6OC(CO)[C@@H](O)[C@H](O[C@H]7OC(CO)[C@@H](O)[C@H](O)C7O[C@H]7OC(CO)[C@@H](O)[C@H](O[C@H]8OC(CO)[C@@H](O)[C@H](O[C@H]9OC(CO)[C@@H](O)[C@H](O)C9O)C8O)C7O)C6O)C5O)C4O)C3O)C2O)C1O. The molecule has 0 aromatic rings. The molecule has 812 valence electrons. The van der Waals surface area contributed by atoms with E-state index in [4.69, 9.17) is 119 Å². The fourth-order valence-electron chi connectivity index (χ4n) is 18.1. The molecule has 12 aliphatic heterocycles. The Bertz CT molecular complexity index is 3590. The maximum absolute atomic E-state index is 12.3. The van der Waals surface area contributed by atoms with Crippen LogP contribution in [0.5, 0.6) is 0 Å². The molecule has 24 unspecified atom stereocenters. The summed E-state index contributed by atoms with van der Waals surface area (Å²) in [5, 5.41) is 414. The Morgan fingerprint density at radius 2 is 0.295 bits per heavy atom. The quantitative estimate of drug-likeness (QED) is 0.0253. The predicted molar refractivity (Wildman–Crippen MR) is 422 cm³/mol. The fourth-order valence-corrected chi connectivity index (χ4v) is 18.1. The van der Waals surface area contributed by atoms with E-state index in [2.05, 4.69) is 0 Å². The van der Waals surface area contributed by atoms with E-state index in [9.17, 15) is 189 Å². The van der Waals surface area contributed by atoms with Crippen LogP contribution in [0.25, 0.3) is 0 Å². The smallest absolute Gasteiger partial charge is 0.187 e. The summed E-state index contributed by atoms with van der Waals surface area (Å²) in [4.78, 5) is 0. The Balaban J connectivity index is 0.738. The summed E-state index contributed by atoms with van der Waals surface area (Å²) in [6, 6.07) is 0. The van der Waals surface area contributed by atoms with Crippen molar-refractivity contribution in [1.82, 2.24) is 0 Å². The van der Waals surface area contributed by atoms with E-state index in [0.717, 1.165) is 0 Å². The number of nitrogens with two attached hydrogens (primary N) is 1. The molecule has 0 aromatic heterocycles. The number of aliphatic hydroxyl groups is 37. The number of rotatable bonds is 40. The van der Waals surface area contributed by atoms with Gasteiger partial charge in [-0.05, 0) is 25.8 Å². The number of hydrogen-bond donors (Lipinski definition) is 38. The number of ether oxygens (including phenoxy) is 24. The molecule has 60 atom stereocenters. The zero-order chi connectivity index (χ0) is 102. The molecule has 39 N–H and O–H groups in total. The van der Waals surface area contributed by atoms with Gasteiger partial charge in [-0.25, -0.2) is 0 Å². The van der Waals surface area contributed by atoms with Crippen molar-refractivity contribution in [1.29, 1.82) is 0 Å². The van der Waals surface area contributed by atoms with Gasteiger partial charge in [-0.15, -0.1) is 0 Å². The molecule has 0 aromatic carbocycles. The third kappa shape index (κ3) is 24.7. The van der Waals surface area contributed by atoms with Gasteiger partial charge in [0, 0.05) is 6.61 Å². The lowest BCUT2D eigenvalue weighted by molar-refractivity contribution is -0.411. The second kappa shape index (κ2) is 51.4. The van der Waals surface area contributed by atoms with Gasteiger partial charge in [0.25, 0.3) is 0 Å². The van der Waals surface area contributed by atoms with Crippen LogP contribution in [0.4, 0.5) is 0 Å². The van der Waals surface area contributed by atoms with Crippen molar-refractivity contribution >= 4 is 0 Å². The third-order valence-electron chi connectivity index (χ3n) is 26.2. The highest BCUT2D eigenvalue weighted by Gasteiger charge is 2.64. The first kappa shape index (κ1) is 115. The second-order valence-corrected chi connectivity index (χ2v) is 35.3. The Hall–Kier alpha value is -2.48. The zero-order valence-electron chi connectivity index (χ0n) is 73.6. The molecule has 12 rings (SSSR count). The van der Waals surface area contributed by atoms with Crippen LogP contribution in [-0.4, -0.2) is 650 Å². The summed E-state index contributed by atoms with van der Waals surface area (Å²) in [6.45, 7) is -13.4. The fraction of sp³-hybridized carbons (Fsp3) is 1.00. The van der Waals surface area contributed by atoms with Crippen LogP contribution >= 0.6 is 0 Å². The minimum atomic E-state index is -2.58. The highest BCUT2D eigenvalue weighted by Crippen LogP contribution is 2.43. The number of unbranched alkanes of at least 4 members (excludes halogenated alkanes) is 2. The van der Waals surface area contributed by atoms with Crippen LogP contribution < -0.4 is 5.73 Å². The number of aliphatic hydroxyl groups excluding tert-OH is 37. The van der Waals surface area contributed by atoms with E-state index in [-0.39, 0.29) is 6.61 Å². The van der Waals surface area contributed by atoms with Crippen molar-refractivity contribution < 1.29 is 303 Å². The lowest BCUT2D eigenvalue weighted by Gasteiger charge is -2.51. The monoisotopic (exact) mass is 2050 g/mol. The van der Waals surface area contributed by atoms with Crippen LogP contribution in [0.3, 0.4) is 0 Å². The zero-order valence-corrected chi connectivity index (χ0v) is 73.6. The van der Waals surface area contributed by atoms with Gasteiger partial charge >= 0.3 is 0 Å². The van der Waals surface area contributed by atoms with Crippen LogP contribution in [0, 0.1) is 0 Å². The van der Waals surface area contributed by atoms with Crippen molar-refractivity contribution in [2.75, 3.05) is 92.4 Å². The van der Waals surface area contributed by atoms with Gasteiger partial charge in [-0.3, -0.25) is 0 Å². The molecular formula is C77H133NO61. The van der Waals surface area contributed by atoms with Gasteiger partial charge in [-0.2, -0.15) is 0 Å². The second-order valence-electron chi connectivity index (χ2n) is 35.3. The van der Waals surface area contributed by atoms with Gasteiger partial charge in [0.05, 0.1) is 79.3 Å². The predicted octanol–water partition coefficient (Wildman–Crippen LogP) is -26.0. The molecule has 0 amide bonds. The van der Waals surface area contributed by atoms with Gasteiger partial charge < -0.3 is 308 Å². The molecule has 12 aliphatic rings. The summed E-state index contributed by atoms with van der Waals surface area (Å²) < 4.78 is 139. The summed E-state index contributed by atoms with van der Waals surface area (Å²) in [7, 11) is 0. The maximum atomic E-state index is 12.3. The van der Waals surface area contributed by atoms with Gasteiger partial charge in [-0.1, -0.05) is 0 Å². The third-order valence-corrected chi connectivity index (χ3v) is 26.2. The van der Waals surface area contributed by atoms with Crippen molar-refractivity contribution in [3.63, 3.8) is 0 Å².